The number of ketones is 1. The fourth-order valence-electron chi connectivity index (χ4n) is 2.18. The third-order valence-corrected chi connectivity index (χ3v) is 4.13. The van der Waals surface area contributed by atoms with E-state index in [2.05, 4.69) is 15.9 Å². The minimum Gasteiger partial charge on any atom is -0.452 e. The second kappa shape index (κ2) is 5.28. The predicted molar refractivity (Wildman–Crippen MR) is 83.5 cm³/mol. The lowest BCUT2D eigenvalue weighted by Crippen LogP contribution is -2.02. The van der Waals surface area contributed by atoms with Crippen molar-refractivity contribution >= 4 is 44.3 Å². The molecule has 106 valence electrons. The van der Waals surface area contributed by atoms with Crippen molar-refractivity contribution in [3.8, 4) is 0 Å². The van der Waals surface area contributed by atoms with Crippen LogP contribution in [-0.4, -0.2) is 5.78 Å². The van der Waals surface area contributed by atoms with Gasteiger partial charge in [0.1, 0.15) is 11.4 Å². The zero-order valence-corrected chi connectivity index (χ0v) is 13.3. The Hall–Kier alpha value is -1.65. The van der Waals surface area contributed by atoms with E-state index in [4.69, 9.17) is 16.0 Å². The van der Waals surface area contributed by atoms with Gasteiger partial charge in [0.15, 0.2) is 5.76 Å². The van der Waals surface area contributed by atoms with E-state index in [1.54, 1.807) is 25.1 Å². The summed E-state index contributed by atoms with van der Waals surface area (Å²) in [5, 5.41) is 1.38. The van der Waals surface area contributed by atoms with Gasteiger partial charge in [-0.15, -0.1) is 0 Å². The quantitative estimate of drug-likeness (QED) is 0.558. The molecule has 0 aliphatic carbocycles. The molecule has 1 aromatic heterocycles. The standard InChI is InChI=1S/C16H9BrClFO2/c1-8-11-7-10(18)3-5-14(11)21-16(8)15(20)9-2-4-13(19)12(17)6-9/h2-7H,1H3. The highest BCUT2D eigenvalue weighted by atomic mass is 79.9. The predicted octanol–water partition coefficient (Wildman–Crippen LogP) is 5.53. The third kappa shape index (κ3) is 2.49. The largest absolute Gasteiger partial charge is 0.452 e. The number of benzene rings is 2. The van der Waals surface area contributed by atoms with Crippen LogP contribution < -0.4 is 0 Å². The molecule has 3 rings (SSSR count). The Morgan fingerprint density at radius 2 is 2.00 bits per heavy atom. The topological polar surface area (TPSA) is 30.2 Å². The lowest BCUT2D eigenvalue weighted by molar-refractivity contribution is 0.101. The van der Waals surface area contributed by atoms with Crippen LogP contribution in [0.4, 0.5) is 4.39 Å². The molecular formula is C16H9BrClFO2. The molecule has 0 saturated heterocycles. The van der Waals surface area contributed by atoms with Gasteiger partial charge in [-0.2, -0.15) is 0 Å². The van der Waals surface area contributed by atoms with Crippen molar-refractivity contribution < 1.29 is 13.6 Å². The van der Waals surface area contributed by atoms with Gasteiger partial charge in [-0.3, -0.25) is 4.79 Å². The van der Waals surface area contributed by atoms with Crippen molar-refractivity contribution in [1.29, 1.82) is 0 Å². The van der Waals surface area contributed by atoms with Crippen LogP contribution in [0.25, 0.3) is 11.0 Å². The number of hydrogen-bond acceptors (Lipinski definition) is 2. The monoisotopic (exact) mass is 366 g/mol. The van der Waals surface area contributed by atoms with Gasteiger partial charge in [0.25, 0.3) is 0 Å². The molecule has 3 aromatic rings. The minimum atomic E-state index is -0.417. The van der Waals surface area contributed by atoms with E-state index < -0.39 is 5.82 Å². The van der Waals surface area contributed by atoms with Gasteiger partial charge in [-0.25, -0.2) is 4.39 Å². The number of hydrogen-bond donors (Lipinski definition) is 0. The van der Waals surface area contributed by atoms with Crippen molar-refractivity contribution in [3.63, 3.8) is 0 Å². The van der Waals surface area contributed by atoms with E-state index in [-0.39, 0.29) is 16.0 Å². The summed E-state index contributed by atoms with van der Waals surface area (Å²) < 4.78 is 19.1. The first-order valence-corrected chi connectivity index (χ1v) is 7.33. The number of furan rings is 1. The lowest BCUT2D eigenvalue weighted by atomic mass is 10.0. The summed E-state index contributed by atoms with van der Waals surface area (Å²) in [5.74, 6) is -0.467. The Morgan fingerprint density at radius 3 is 2.71 bits per heavy atom. The van der Waals surface area contributed by atoms with E-state index in [9.17, 15) is 9.18 Å². The maximum atomic E-state index is 13.3. The summed E-state index contributed by atoms with van der Waals surface area (Å²) in [7, 11) is 0. The van der Waals surface area contributed by atoms with E-state index in [1.807, 2.05) is 0 Å². The molecule has 0 bridgehead atoms. The Kier molecular flexibility index (Phi) is 3.59. The molecule has 0 amide bonds. The fourth-order valence-corrected chi connectivity index (χ4v) is 2.73. The number of rotatable bonds is 2. The second-order valence-electron chi connectivity index (χ2n) is 4.65. The SMILES string of the molecule is Cc1c(C(=O)c2ccc(F)c(Br)c2)oc2ccc(Cl)cc12. The highest BCUT2D eigenvalue weighted by Crippen LogP contribution is 2.30. The normalized spacial score (nSPS) is 11.0. The van der Waals surface area contributed by atoms with Crippen LogP contribution in [0.5, 0.6) is 0 Å². The molecule has 2 aromatic carbocycles. The summed E-state index contributed by atoms with van der Waals surface area (Å²) in [5.41, 5.74) is 1.68. The van der Waals surface area contributed by atoms with Gasteiger partial charge in [-0.05, 0) is 59.3 Å². The smallest absolute Gasteiger partial charge is 0.228 e. The van der Waals surface area contributed by atoms with Crippen molar-refractivity contribution in [2.75, 3.05) is 0 Å². The van der Waals surface area contributed by atoms with Gasteiger partial charge in [0, 0.05) is 21.5 Å². The lowest BCUT2D eigenvalue weighted by Gasteiger charge is -2.01. The highest BCUT2D eigenvalue weighted by molar-refractivity contribution is 9.10. The third-order valence-electron chi connectivity index (χ3n) is 3.29. The molecule has 0 N–H and O–H groups in total. The van der Waals surface area contributed by atoms with E-state index in [1.165, 1.54) is 18.2 Å². The van der Waals surface area contributed by atoms with Crippen LogP contribution in [0.15, 0.2) is 45.3 Å². The zero-order valence-electron chi connectivity index (χ0n) is 10.9. The second-order valence-corrected chi connectivity index (χ2v) is 5.95. The summed E-state index contributed by atoms with van der Waals surface area (Å²) in [6.07, 6.45) is 0. The first-order valence-electron chi connectivity index (χ1n) is 6.16. The summed E-state index contributed by atoms with van der Waals surface area (Å²) in [6.45, 7) is 1.80. The molecule has 21 heavy (non-hydrogen) atoms. The highest BCUT2D eigenvalue weighted by Gasteiger charge is 2.20. The molecule has 0 radical (unpaired) electrons. The van der Waals surface area contributed by atoms with Crippen LogP contribution in [0.1, 0.15) is 21.7 Å². The molecule has 1 heterocycles. The molecular weight excluding hydrogens is 359 g/mol. The molecule has 0 aliphatic heterocycles. The van der Waals surface area contributed by atoms with E-state index in [0.29, 0.717) is 16.2 Å². The number of carbonyl (C=O) groups excluding carboxylic acids is 1. The van der Waals surface area contributed by atoms with Gasteiger partial charge in [0.2, 0.25) is 5.78 Å². The number of fused-ring (bicyclic) bond motifs is 1. The van der Waals surface area contributed by atoms with Crippen molar-refractivity contribution in [2.45, 2.75) is 6.92 Å². The molecule has 0 unspecified atom stereocenters. The van der Waals surface area contributed by atoms with Crippen molar-refractivity contribution in [3.05, 3.63) is 68.6 Å². The molecule has 0 saturated carbocycles. The van der Waals surface area contributed by atoms with Crippen LogP contribution in [0, 0.1) is 12.7 Å². The average molecular weight is 368 g/mol. The Balaban J connectivity index is 2.13. The van der Waals surface area contributed by atoms with E-state index >= 15 is 0 Å². The molecule has 5 heteroatoms. The van der Waals surface area contributed by atoms with Crippen LogP contribution >= 0.6 is 27.5 Å². The van der Waals surface area contributed by atoms with Crippen molar-refractivity contribution in [1.82, 2.24) is 0 Å². The summed E-state index contributed by atoms with van der Waals surface area (Å²) in [4.78, 5) is 12.5. The summed E-state index contributed by atoms with van der Waals surface area (Å²) >= 11 is 9.03. The first kappa shape index (κ1) is 14.3. The fraction of sp³-hybridized carbons (Fsp3) is 0.0625. The number of aryl methyl sites for hydroxylation is 1. The molecule has 0 spiro atoms. The van der Waals surface area contributed by atoms with Crippen LogP contribution in [-0.2, 0) is 0 Å². The molecule has 0 atom stereocenters. The van der Waals surface area contributed by atoms with Crippen LogP contribution in [0.3, 0.4) is 0 Å². The molecule has 0 aliphatic rings. The number of halogens is 3. The van der Waals surface area contributed by atoms with Gasteiger partial charge < -0.3 is 4.42 Å². The van der Waals surface area contributed by atoms with E-state index in [0.717, 1.165) is 10.9 Å². The molecule has 2 nitrogen and oxygen atoms in total. The van der Waals surface area contributed by atoms with Gasteiger partial charge in [-0.1, -0.05) is 11.6 Å². The summed E-state index contributed by atoms with van der Waals surface area (Å²) in [6, 6.07) is 9.30. The molecule has 0 fully saturated rings. The Bertz CT molecular complexity index is 870. The minimum absolute atomic E-state index is 0.241. The average Bonchev–Trinajstić information content (AvgIpc) is 2.78. The van der Waals surface area contributed by atoms with Crippen molar-refractivity contribution in [2.24, 2.45) is 0 Å². The Morgan fingerprint density at radius 1 is 1.24 bits per heavy atom. The zero-order chi connectivity index (χ0) is 15.1. The maximum absolute atomic E-state index is 13.3. The van der Waals surface area contributed by atoms with Crippen LogP contribution in [0.2, 0.25) is 5.02 Å². The Labute approximate surface area is 133 Å². The first-order chi connectivity index (χ1) is 9.97. The maximum Gasteiger partial charge on any atom is 0.228 e. The van der Waals surface area contributed by atoms with Gasteiger partial charge >= 0.3 is 0 Å². The van der Waals surface area contributed by atoms with Gasteiger partial charge in [0.05, 0.1) is 4.47 Å². The number of carbonyl (C=O) groups is 1.